The van der Waals surface area contributed by atoms with Gasteiger partial charge in [0.25, 0.3) is 0 Å². The second-order valence-corrected chi connectivity index (χ2v) is 3.21. The summed E-state index contributed by atoms with van der Waals surface area (Å²) in [6.45, 7) is 3.60. The normalized spacial score (nSPS) is 26.9. The Balaban J connectivity index is 3.27. The summed E-state index contributed by atoms with van der Waals surface area (Å²) in [4.78, 5) is 11.2. The lowest BCUT2D eigenvalue weighted by atomic mass is 9.77. The molecular weight excluding hydrogens is 162 g/mol. The fraction of sp³-hybridized carbons (Fsp3) is 0.273. The average molecular weight is 171 g/mol. The molecule has 0 heterocycles. The van der Waals surface area contributed by atoms with Crippen molar-refractivity contribution in [2.24, 2.45) is 5.41 Å². The summed E-state index contributed by atoms with van der Waals surface area (Å²) in [5, 5.41) is 8.64. The second kappa shape index (κ2) is 2.92. The van der Waals surface area contributed by atoms with Crippen LogP contribution < -0.4 is 0 Å². The predicted molar refractivity (Wildman–Crippen MR) is 49.4 cm³/mol. The van der Waals surface area contributed by atoms with E-state index in [2.05, 4.69) is 5.92 Å². The van der Waals surface area contributed by atoms with Crippen LogP contribution in [0.1, 0.15) is 13.8 Å². The summed E-state index contributed by atoms with van der Waals surface area (Å²) in [6.07, 6.45) is 8.31. The van der Waals surface area contributed by atoms with Gasteiger partial charge in [-0.3, -0.25) is 4.79 Å². The summed E-state index contributed by atoms with van der Waals surface area (Å²) in [5.74, 6) is 2.31. The van der Waals surface area contributed by atoms with Crippen molar-refractivity contribution in [3.8, 4) is 18.4 Å². The van der Waals surface area contributed by atoms with Crippen molar-refractivity contribution >= 4 is 5.78 Å². The van der Waals surface area contributed by atoms with Crippen LogP contribution in [0.25, 0.3) is 0 Å². The molecule has 2 nitrogen and oxygen atoms in total. The molecule has 0 amide bonds. The SMILES string of the molecule is C#C[C@]1(C)C=C(C#N)C(=O)C=C1C. The maximum absolute atomic E-state index is 11.2. The van der Waals surface area contributed by atoms with E-state index < -0.39 is 5.41 Å². The summed E-state index contributed by atoms with van der Waals surface area (Å²) in [7, 11) is 0. The van der Waals surface area contributed by atoms with Crippen molar-refractivity contribution < 1.29 is 4.79 Å². The van der Waals surface area contributed by atoms with E-state index in [0.717, 1.165) is 5.57 Å². The number of carbonyl (C=O) groups is 1. The number of rotatable bonds is 0. The summed E-state index contributed by atoms with van der Waals surface area (Å²) < 4.78 is 0. The molecular formula is C11H9NO. The topological polar surface area (TPSA) is 40.9 Å². The van der Waals surface area contributed by atoms with E-state index in [1.807, 2.05) is 13.0 Å². The Morgan fingerprint density at radius 3 is 2.69 bits per heavy atom. The van der Waals surface area contributed by atoms with E-state index in [1.54, 1.807) is 13.0 Å². The summed E-state index contributed by atoms with van der Waals surface area (Å²) in [5.41, 5.74) is 0.351. The molecule has 2 heteroatoms. The minimum Gasteiger partial charge on any atom is -0.288 e. The third-order valence-corrected chi connectivity index (χ3v) is 2.29. The molecule has 0 saturated heterocycles. The molecule has 1 atom stereocenters. The van der Waals surface area contributed by atoms with Gasteiger partial charge < -0.3 is 0 Å². The highest BCUT2D eigenvalue weighted by Crippen LogP contribution is 2.32. The van der Waals surface area contributed by atoms with Gasteiger partial charge in [0.1, 0.15) is 6.07 Å². The minimum absolute atomic E-state index is 0.131. The number of allylic oxidation sites excluding steroid dienone is 4. The van der Waals surface area contributed by atoms with Crippen LogP contribution in [0.15, 0.2) is 23.3 Å². The molecule has 0 aliphatic heterocycles. The van der Waals surface area contributed by atoms with Crippen LogP contribution >= 0.6 is 0 Å². The van der Waals surface area contributed by atoms with E-state index in [1.165, 1.54) is 6.08 Å². The first kappa shape index (κ1) is 9.29. The number of ketones is 1. The second-order valence-electron chi connectivity index (χ2n) is 3.21. The van der Waals surface area contributed by atoms with E-state index in [4.69, 9.17) is 11.7 Å². The average Bonchev–Trinajstić information content (AvgIpc) is 2.11. The van der Waals surface area contributed by atoms with Gasteiger partial charge in [-0.15, -0.1) is 6.42 Å². The van der Waals surface area contributed by atoms with Crippen molar-refractivity contribution in [1.29, 1.82) is 5.26 Å². The molecule has 0 aromatic carbocycles. The molecule has 0 radical (unpaired) electrons. The number of hydrogen-bond donors (Lipinski definition) is 0. The molecule has 0 aromatic heterocycles. The van der Waals surface area contributed by atoms with Crippen LogP contribution in [-0.2, 0) is 4.79 Å². The van der Waals surface area contributed by atoms with Gasteiger partial charge in [-0.2, -0.15) is 5.26 Å². The van der Waals surface area contributed by atoms with Crippen LogP contribution in [0.5, 0.6) is 0 Å². The first-order chi connectivity index (χ1) is 6.03. The van der Waals surface area contributed by atoms with E-state index in [0.29, 0.717) is 0 Å². The number of hydrogen-bond acceptors (Lipinski definition) is 2. The predicted octanol–water partition coefficient (Wildman–Crippen LogP) is 1.60. The van der Waals surface area contributed by atoms with Gasteiger partial charge in [0.2, 0.25) is 0 Å². The Kier molecular flexibility index (Phi) is 2.09. The highest BCUT2D eigenvalue weighted by molar-refractivity contribution is 6.08. The molecule has 0 fully saturated rings. The van der Waals surface area contributed by atoms with E-state index in [9.17, 15) is 4.79 Å². The van der Waals surface area contributed by atoms with Crippen LogP contribution in [0, 0.1) is 29.1 Å². The number of terminal acetylenes is 1. The number of nitrogens with zero attached hydrogens (tertiary/aromatic N) is 1. The van der Waals surface area contributed by atoms with E-state index >= 15 is 0 Å². The first-order valence-electron chi connectivity index (χ1n) is 3.87. The largest absolute Gasteiger partial charge is 0.288 e. The third kappa shape index (κ3) is 1.39. The Morgan fingerprint density at radius 1 is 1.62 bits per heavy atom. The van der Waals surface area contributed by atoms with Gasteiger partial charge >= 0.3 is 0 Å². The van der Waals surface area contributed by atoms with Crippen molar-refractivity contribution in [3.05, 3.63) is 23.3 Å². The van der Waals surface area contributed by atoms with Gasteiger partial charge in [-0.1, -0.05) is 5.92 Å². The van der Waals surface area contributed by atoms with Gasteiger partial charge in [-0.05, 0) is 31.6 Å². The lowest BCUT2D eigenvalue weighted by Crippen LogP contribution is -2.20. The highest BCUT2D eigenvalue weighted by atomic mass is 16.1. The molecule has 0 N–H and O–H groups in total. The fourth-order valence-electron chi connectivity index (χ4n) is 1.14. The Bertz CT molecular complexity index is 401. The molecule has 13 heavy (non-hydrogen) atoms. The Labute approximate surface area is 77.6 Å². The zero-order valence-corrected chi connectivity index (χ0v) is 7.59. The smallest absolute Gasteiger partial charge is 0.196 e. The Hall–Kier alpha value is -1.80. The lowest BCUT2D eigenvalue weighted by Gasteiger charge is -2.23. The molecule has 0 unspecified atom stereocenters. The quantitative estimate of drug-likeness (QED) is 0.519. The number of nitriles is 1. The van der Waals surface area contributed by atoms with E-state index in [-0.39, 0.29) is 11.4 Å². The maximum atomic E-state index is 11.2. The van der Waals surface area contributed by atoms with Crippen LogP contribution in [0.2, 0.25) is 0 Å². The van der Waals surface area contributed by atoms with Crippen molar-refractivity contribution in [2.75, 3.05) is 0 Å². The maximum Gasteiger partial charge on any atom is 0.196 e. The van der Waals surface area contributed by atoms with Crippen LogP contribution in [0.4, 0.5) is 0 Å². The number of carbonyl (C=O) groups excluding carboxylic acids is 1. The molecule has 0 bridgehead atoms. The van der Waals surface area contributed by atoms with Gasteiger partial charge in [0, 0.05) is 0 Å². The standard InChI is InChI=1S/C11H9NO/c1-4-11(3)6-9(7-12)10(13)5-8(11)2/h1,5-6H,2-3H3/t11-/m1/s1. The summed E-state index contributed by atoms with van der Waals surface area (Å²) >= 11 is 0. The first-order valence-corrected chi connectivity index (χ1v) is 3.87. The van der Waals surface area contributed by atoms with Crippen molar-refractivity contribution in [3.63, 3.8) is 0 Å². The molecule has 1 aliphatic rings. The minimum atomic E-state index is -0.584. The zero-order valence-electron chi connectivity index (χ0n) is 7.59. The van der Waals surface area contributed by atoms with Gasteiger partial charge in [0.15, 0.2) is 5.78 Å². The van der Waals surface area contributed by atoms with Crippen LogP contribution in [-0.4, -0.2) is 5.78 Å². The van der Waals surface area contributed by atoms with Gasteiger partial charge in [-0.25, -0.2) is 0 Å². The van der Waals surface area contributed by atoms with Crippen molar-refractivity contribution in [1.82, 2.24) is 0 Å². The lowest BCUT2D eigenvalue weighted by molar-refractivity contribution is -0.111. The third-order valence-electron chi connectivity index (χ3n) is 2.29. The Morgan fingerprint density at radius 2 is 2.23 bits per heavy atom. The summed E-state index contributed by atoms with van der Waals surface area (Å²) in [6, 6.07) is 1.84. The monoisotopic (exact) mass is 171 g/mol. The molecule has 0 saturated carbocycles. The molecule has 0 aromatic rings. The highest BCUT2D eigenvalue weighted by Gasteiger charge is 2.28. The fourth-order valence-corrected chi connectivity index (χ4v) is 1.14. The molecule has 0 spiro atoms. The van der Waals surface area contributed by atoms with Crippen LogP contribution in [0.3, 0.4) is 0 Å². The zero-order chi connectivity index (χ0) is 10.1. The van der Waals surface area contributed by atoms with Crippen molar-refractivity contribution in [2.45, 2.75) is 13.8 Å². The molecule has 1 aliphatic carbocycles. The van der Waals surface area contributed by atoms with Gasteiger partial charge in [0.05, 0.1) is 11.0 Å². The molecule has 64 valence electrons. The molecule has 1 rings (SSSR count).